The second-order valence-corrected chi connectivity index (χ2v) is 18.7. The molecule has 1 aromatic rings. The highest BCUT2D eigenvalue weighted by Gasteiger charge is 2.69. The van der Waals surface area contributed by atoms with Gasteiger partial charge in [-0.3, -0.25) is 4.79 Å². The summed E-state index contributed by atoms with van der Waals surface area (Å²) in [6.07, 6.45) is 17.3. The first-order valence-corrected chi connectivity index (χ1v) is 19.9. The topological polar surface area (TPSA) is 119 Å². The van der Waals surface area contributed by atoms with Crippen molar-refractivity contribution in [2.75, 3.05) is 26.3 Å². The quantitative estimate of drug-likeness (QED) is 0.124. The van der Waals surface area contributed by atoms with Crippen LogP contribution in [0.3, 0.4) is 0 Å². The summed E-state index contributed by atoms with van der Waals surface area (Å²) in [4.78, 5) is 24.1. The lowest BCUT2D eigenvalue weighted by molar-refractivity contribution is -0.222. The molecule has 4 saturated carbocycles. The van der Waals surface area contributed by atoms with E-state index in [0.29, 0.717) is 46.6 Å². The van der Waals surface area contributed by atoms with Gasteiger partial charge in [-0.1, -0.05) is 65.3 Å². The van der Waals surface area contributed by atoms with Crippen LogP contribution < -0.4 is 10.6 Å². The van der Waals surface area contributed by atoms with E-state index in [9.17, 15) is 24.9 Å². The normalized spacial score (nSPS) is 36.5. The molecule has 5 aliphatic rings. The number of aliphatic hydroxyl groups excluding tert-OH is 2. The van der Waals surface area contributed by atoms with E-state index in [1.54, 1.807) is 25.1 Å². The van der Waals surface area contributed by atoms with E-state index < -0.39 is 11.5 Å². The van der Waals surface area contributed by atoms with Crippen LogP contribution in [0.4, 0.5) is 0 Å². The van der Waals surface area contributed by atoms with Gasteiger partial charge in [-0.2, -0.15) is 0 Å². The Kier molecular flexibility index (Phi) is 11.5. The van der Waals surface area contributed by atoms with Gasteiger partial charge in [0.05, 0.1) is 24.3 Å². The number of rotatable bonds is 10. The van der Waals surface area contributed by atoms with Gasteiger partial charge in [0.15, 0.2) is 0 Å². The number of allylic oxidation sites excluding steroid dienone is 3. The van der Waals surface area contributed by atoms with Crippen molar-refractivity contribution in [1.82, 2.24) is 10.6 Å². The molecule has 8 atom stereocenters. The third-order valence-corrected chi connectivity index (χ3v) is 15.7. The molecule has 4 fully saturated rings. The molecule has 0 aromatic heterocycles. The Bertz CT molecular complexity index is 1460. The van der Waals surface area contributed by atoms with Crippen LogP contribution in [-0.4, -0.2) is 59.0 Å². The van der Waals surface area contributed by atoms with Gasteiger partial charge in [0, 0.05) is 19.5 Å². The highest BCUT2D eigenvalue weighted by Crippen LogP contribution is 2.77. The summed E-state index contributed by atoms with van der Waals surface area (Å²) in [5.41, 5.74) is 3.12. The SMILES string of the molecule is C=CC.CC(CO)(CO)NC(=O)CCNC[C@]12CCCC1C1CCC3C4(C)CC=C(c5ccc(C(=O)O)cc5)C(C)(C)C4CCC3(C)[C@]1(C)CC2. The van der Waals surface area contributed by atoms with E-state index in [-0.39, 0.29) is 30.0 Å². The zero-order chi connectivity index (χ0) is 37.5. The third-order valence-electron chi connectivity index (χ3n) is 15.7. The lowest BCUT2D eigenvalue weighted by Gasteiger charge is -2.72. The molecule has 284 valence electrons. The van der Waals surface area contributed by atoms with Gasteiger partial charge >= 0.3 is 5.97 Å². The van der Waals surface area contributed by atoms with Gasteiger partial charge in [-0.25, -0.2) is 4.79 Å². The highest BCUT2D eigenvalue weighted by atomic mass is 16.4. The van der Waals surface area contributed by atoms with Crippen LogP contribution >= 0.6 is 0 Å². The molecular formula is C44H68N2O5. The predicted octanol–water partition coefficient (Wildman–Crippen LogP) is 8.27. The van der Waals surface area contributed by atoms with Crippen molar-refractivity contribution in [3.8, 4) is 0 Å². The van der Waals surface area contributed by atoms with Crippen LogP contribution in [-0.2, 0) is 4.79 Å². The summed E-state index contributed by atoms with van der Waals surface area (Å²) in [5, 5.41) is 35.0. The van der Waals surface area contributed by atoms with Crippen molar-refractivity contribution in [1.29, 1.82) is 0 Å². The standard InChI is InChI=1S/C41H62N2O5.C3H6/c1-36(2)29(27-9-11-28(12-10-27)35(47)48)15-19-38(4)32(36)16-20-40(6)33(38)14-13-30-31-8-7-18-41(31,22-21-39(30,40)5)24-42-23-17-34(46)43-37(3,25-44)26-45;1-3-2/h9-12,15,30-33,42,44-45H,7-8,13-14,16-26H2,1-6H3,(H,43,46)(H,47,48);3H,1H2,2H3/t30?,31?,32?,33?,38?,39-,40?,41-;/m1./s1. The molecule has 51 heavy (non-hydrogen) atoms. The second-order valence-electron chi connectivity index (χ2n) is 18.7. The van der Waals surface area contributed by atoms with Crippen molar-refractivity contribution in [2.24, 2.45) is 50.7 Å². The van der Waals surface area contributed by atoms with E-state index in [4.69, 9.17) is 0 Å². The summed E-state index contributed by atoms with van der Waals surface area (Å²) in [5.74, 6) is 1.74. The van der Waals surface area contributed by atoms with Crippen molar-refractivity contribution < 1.29 is 24.9 Å². The Morgan fingerprint density at radius 1 is 0.902 bits per heavy atom. The van der Waals surface area contributed by atoms with Gasteiger partial charge in [-0.05, 0) is 146 Å². The fourth-order valence-electron chi connectivity index (χ4n) is 13.0. The largest absolute Gasteiger partial charge is 0.478 e. The van der Waals surface area contributed by atoms with E-state index >= 15 is 0 Å². The monoisotopic (exact) mass is 705 g/mol. The number of amides is 1. The van der Waals surface area contributed by atoms with Gasteiger partial charge in [0.1, 0.15) is 0 Å². The first kappa shape index (κ1) is 39.7. The Morgan fingerprint density at radius 2 is 1.57 bits per heavy atom. The minimum absolute atomic E-state index is 0.0153. The summed E-state index contributed by atoms with van der Waals surface area (Å²) in [6.45, 7) is 20.8. The van der Waals surface area contributed by atoms with Gasteiger partial charge < -0.3 is 26.0 Å². The molecular weight excluding hydrogens is 636 g/mol. The van der Waals surface area contributed by atoms with Gasteiger partial charge in [0.25, 0.3) is 0 Å². The number of aliphatic hydroxyl groups is 2. The maximum Gasteiger partial charge on any atom is 0.335 e. The molecule has 0 heterocycles. The fraction of sp³-hybridized carbons (Fsp3) is 0.727. The molecule has 0 radical (unpaired) electrons. The number of carbonyl (C=O) groups is 2. The number of hydrogen-bond donors (Lipinski definition) is 5. The van der Waals surface area contributed by atoms with Crippen molar-refractivity contribution in [2.45, 2.75) is 125 Å². The van der Waals surface area contributed by atoms with Gasteiger partial charge in [-0.15, -0.1) is 6.58 Å². The molecule has 0 bridgehead atoms. The fourth-order valence-corrected chi connectivity index (χ4v) is 13.0. The van der Waals surface area contributed by atoms with Crippen molar-refractivity contribution in [3.05, 3.63) is 54.1 Å². The predicted molar refractivity (Wildman–Crippen MR) is 206 cm³/mol. The minimum atomic E-state index is -0.979. The number of benzene rings is 1. The molecule has 6 rings (SSSR count). The summed E-state index contributed by atoms with van der Waals surface area (Å²) in [6, 6.07) is 7.55. The van der Waals surface area contributed by atoms with Crippen molar-refractivity contribution in [3.63, 3.8) is 0 Å². The first-order chi connectivity index (χ1) is 24.0. The maximum atomic E-state index is 12.5. The highest BCUT2D eigenvalue weighted by molar-refractivity contribution is 5.88. The Balaban J connectivity index is 0.00000162. The lowest BCUT2D eigenvalue weighted by Crippen LogP contribution is -2.65. The van der Waals surface area contributed by atoms with Crippen LogP contribution in [0.15, 0.2) is 43.0 Å². The average Bonchev–Trinajstić information content (AvgIpc) is 3.51. The summed E-state index contributed by atoms with van der Waals surface area (Å²) < 4.78 is 0. The van der Waals surface area contributed by atoms with Crippen LogP contribution in [0.1, 0.15) is 135 Å². The Hall–Kier alpha value is -2.48. The molecule has 7 heteroatoms. The molecule has 0 saturated heterocycles. The third kappa shape index (κ3) is 6.78. The molecule has 5 N–H and O–H groups in total. The summed E-state index contributed by atoms with van der Waals surface area (Å²) >= 11 is 0. The zero-order valence-electron chi connectivity index (χ0n) is 32.7. The summed E-state index contributed by atoms with van der Waals surface area (Å²) in [7, 11) is 0. The van der Waals surface area contributed by atoms with Crippen LogP contribution in [0, 0.1) is 50.7 Å². The second kappa shape index (κ2) is 14.7. The number of carbonyl (C=O) groups excluding carboxylic acids is 1. The number of hydrogen-bond acceptors (Lipinski definition) is 5. The molecule has 0 aliphatic heterocycles. The molecule has 1 amide bonds. The molecule has 0 spiro atoms. The smallest absolute Gasteiger partial charge is 0.335 e. The van der Waals surface area contributed by atoms with Crippen LogP contribution in [0.2, 0.25) is 0 Å². The van der Waals surface area contributed by atoms with Crippen LogP contribution in [0.25, 0.3) is 5.57 Å². The zero-order valence-corrected chi connectivity index (χ0v) is 32.7. The molecule has 6 unspecified atom stereocenters. The van der Waals surface area contributed by atoms with E-state index in [1.165, 1.54) is 68.9 Å². The molecule has 1 aromatic carbocycles. The maximum absolute atomic E-state index is 12.5. The number of carboxylic acids is 1. The van der Waals surface area contributed by atoms with E-state index in [1.807, 2.05) is 19.1 Å². The number of carboxylic acid groups (broad SMARTS) is 1. The first-order valence-electron chi connectivity index (χ1n) is 19.9. The Labute approximate surface area is 308 Å². The molecule has 7 nitrogen and oxygen atoms in total. The van der Waals surface area contributed by atoms with Crippen LogP contribution in [0.5, 0.6) is 0 Å². The lowest BCUT2D eigenvalue weighted by atomic mass is 9.32. The Morgan fingerprint density at radius 3 is 2.20 bits per heavy atom. The number of nitrogens with one attached hydrogen (secondary N) is 2. The van der Waals surface area contributed by atoms with E-state index in [0.717, 1.165) is 24.8 Å². The number of aromatic carboxylic acids is 1. The average molecular weight is 705 g/mol. The molecule has 5 aliphatic carbocycles. The van der Waals surface area contributed by atoms with Crippen molar-refractivity contribution >= 4 is 17.4 Å². The minimum Gasteiger partial charge on any atom is -0.478 e. The van der Waals surface area contributed by atoms with Gasteiger partial charge in [0.2, 0.25) is 5.91 Å². The van der Waals surface area contributed by atoms with E-state index in [2.05, 4.69) is 57.9 Å². The number of fused-ring (bicyclic) bond motifs is 7.